The Labute approximate surface area is 191 Å². The van der Waals surface area contributed by atoms with E-state index in [0.29, 0.717) is 12.5 Å². The first-order chi connectivity index (χ1) is 15.3. The van der Waals surface area contributed by atoms with Crippen molar-refractivity contribution in [1.82, 2.24) is 20.3 Å². The molecule has 0 saturated carbocycles. The summed E-state index contributed by atoms with van der Waals surface area (Å²) in [6.07, 6.45) is 4.27. The number of benzene rings is 1. The molecule has 1 atom stereocenters. The van der Waals surface area contributed by atoms with Crippen molar-refractivity contribution in [3.05, 3.63) is 44.6 Å². The van der Waals surface area contributed by atoms with E-state index in [4.69, 9.17) is 0 Å². The Hall–Kier alpha value is -2.82. The highest BCUT2D eigenvalue weighted by Gasteiger charge is 2.28. The van der Waals surface area contributed by atoms with E-state index in [1.807, 2.05) is 18.2 Å². The van der Waals surface area contributed by atoms with E-state index in [1.54, 1.807) is 17.7 Å². The SMILES string of the molecule is CC(C)(O)C(=O)NCC1CCc2c(sc3ncnc(Nc4ccc5[nH]c(=O)sc5c4)c23)C1. The van der Waals surface area contributed by atoms with E-state index in [-0.39, 0.29) is 10.8 Å². The molecule has 3 heterocycles. The predicted molar refractivity (Wildman–Crippen MR) is 128 cm³/mol. The molecule has 4 N–H and O–H groups in total. The lowest BCUT2D eigenvalue weighted by atomic mass is 9.87. The number of nitrogens with one attached hydrogen (secondary N) is 3. The number of carbonyl (C=O) groups is 1. The summed E-state index contributed by atoms with van der Waals surface area (Å²) in [6.45, 7) is 3.54. The Morgan fingerprint density at radius 2 is 2.16 bits per heavy atom. The molecule has 0 bridgehead atoms. The third-order valence-corrected chi connectivity index (χ3v) is 7.75. The summed E-state index contributed by atoms with van der Waals surface area (Å²) >= 11 is 2.86. The summed E-state index contributed by atoms with van der Waals surface area (Å²) in [5, 5.41) is 17.2. The van der Waals surface area contributed by atoms with Gasteiger partial charge in [-0.25, -0.2) is 9.97 Å². The van der Waals surface area contributed by atoms with Gasteiger partial charge in [0.15, 0.2) is 0 Å². The lowest BCUT2D eigenvalue weighted by Gasteiger charge is -2.24. The molecule has 1 unspecified atom stereocenters. The first-order valence-corrected chi connectivity index (χ1v) is 12.1. The molecule has 32 heavy (non-hydrogen) atoms. The van der Waals surface area contributed by atoms with Gasteiger partial charge in [0.25, 0.3) is 5.91 Å². The molecule has 1 aromatic carbocycles. The Balaban J connectivity index is 1.39. The summed E-state index contributed by atoms with van der Waals surface area (Å²) in [5.74, 6) is 0.745. The largest absolute Gasteiger partial charge is 0.381 e. The molecule has 0 saturated heterocycles. The summed E-state index contributed by atoms with van der Waals surface area (Å²) in [6, 6.07) is 5.77. The van der Waals surface area contributed by atoms with Crippen LogP contribution in [0.3, 0.4) is 0 Å². The molecular weight excluding hydrogens is 446 g/mol. The number of anilines is 2. The third-order valence-electron chi connectivity index (χ3n) is 5.74. The standard InChI is InChI=1S/C22H23N5O3S2/c1-22(2,30)20(28)23-9-11-3-5-13-15(7-11)31-19-17(13)18(24-10-25-19)26-12-4-6-14-16(8-12)32-21(29)27-14/h4,6,8,10-11,30H,3,5,7,9H2,1-2H3,(H,23,28)(H,27,29)(H,24,25,26). The van der Waals surface area contributed by atoms with Crippen LogP contribution in [0.2, 0.25) is 0 Å². The Bertz CT molecular complexity index is 1380. The maximum atomic E-state index is 12.0. The minimum Gasteiger partial charge on any atom is -0.381 e. The number of nitrogens with zero attached hydrogens (tertiary/aromatic N) is 2. The number of fused-ring (bicyclic) bond motifs is 4. The third kappa shape index (κ3) is 4.01. The quantitative estimate of drug-likeness (QED) is 0.356. The van der Waals surface area contributed by atoms with Gasteiger partial charge in [0, 0.05) is 17.1 Å². The topological polar surface area (TPSA) is 120 Å². The average molecular weight is 470 g/mol. The molecule has 4 aromatic rings. The second-order valence-corrected chi connectivity index (χ2v) is 10.7. The van der Waals surface area contributed by atoms with E-state index in [0.717, 1.165) is 51.2 Å². The van der Waals surface area contributed by atoms with Crippen LogP contribution in [-0.2, 0) is 17.6 Å². The second-order valence-electron chi connectivity index (χ2n) is 8.63. The fourth-order valence-corrected chi connectivity index (χ4v) is 6.14. The fraction of sp³-hybridized carbons (Fsp3) is 0.364. The minimum absolute atomic E-state index is 0.0678. The molecule has 10 heteroatoms. The van der Waals surface area contributed by atoms with E-state index < -0.39 is 5.60 Å². The highest BCUT2D eigenvalue weighted by atomic mass is 32.1. The predicted octanol–water partition coefficient (Wildman–Crippen LogP) is 3.33. The van der Waals surface area contributed by atoms with E-state index in [2.05, 4.69) is 25.6 Å². The molecule has 8 nitrogen and oxygen atoms in total. The molecule has 0 aliphatic heterocycles. The number of amides is 1. The van der Waals surface area contributed by atoms with Gasteiger partial charge in [0.2, 0.25) is 0 Å². The number of hydrogen-bond acceptors (Lipinski definition) is 8. The number of aromatic amines is 1. The fourth-order valence-electron chi connectivity index (χ4n) is 4.06. The van der Waals surface area contributed by atoms with Crippen molar-refractivity contribution in [2.75, 3.05) is 11.9 Å². The monoisotopic (exact) mass is 469 g/mol. The van der Waals surface area contributed by atoms with Crippen molar-refractivity contribution in [3.63, 3.8) is 0 Å². The van der Waals surface area contributed by atoms with Crippen LogP contribution in [0, 0.1) is 5.92 Å². The van der Waals surface area contributed by atoms with Crippen molar-refractivity contribution in [1.29, 1.82) is 0 Å². The molecule has 0 fully saturated rings. The second kappa shape index (κ2) is 7.95. The van der Waals surface area contributed by atoms with Crippen molar-refractivity contribution in [2.24, 2.45) is 5.92 Å². The number of rotatable bonds is 5. The first-order valence-electron chi connectivity index (χ1n) is 10.4. The number of thiazole rings is 1. The van der Waals surface area contributed by atoms with Crippen LogP contribution >= 0.6 is 22.7 Å². The van der Waals surface area contributed by atoms with Crippen molar-refractivity contribution in [3.8, 4) is 0 Å². The molecule has 0 radical (unpaired) electrons. The lowest BCUT2D eigenvalue weighted by Crippen LogP contribution is -2.44. The molecular formula is C22H23N5O3S2. The number of aryl methyl sites for hydroxylation is 1. The molecule has 1 aliphatic carbocycles. The van der Waals surface area contributed by atoms with Gasteiger partial charge in [0.1, 0.15) is 22.6 Å². The van der Waals surface area contributed by atoms with Gasteiger partial charge < -0.3 is 20.7 Å². The summed E-state index contributed by atoms with van der Waals surface area (Å²) < 4.78 is 0.897. The number of H-pyrrole nitrogens is 1. The Morgan fingerprint density at radius 3 is 2.97 bits per heavy atom. The van der Waals surface area contributed by atoms with Crippen molar-refractivity contribution >= 4 is 60.5 Å². The van der Waals surface area contributed by atoms with Gasteiger partial charge in [-0.2, -0.15) is 0 Å². The van der Waals surface area contributed by atoms with Crippen LogP contribution in [0.25, 0.3) is 20.4 Å². The van der Waals surface area contributed by atoms with Crippen LogP contribution in [0.15, 0.2) is 29.3 Å². The Morgan fingerprint density at radius 1 is 1.31 bits per heavy atom. The minimum atomic E-state index is -1.37. The molecule has 3 aromatic heterocycles. The van der Waals surface area contributed by atoms with Crippen LogP contribution in [0.1, 0.15) is 30.7 Å². The zero-order valence-corrected chi connectivity index (χ0v) is 19.3. The summed E-state index contributed by atoms with van der Waals surface area (Å²) in [4.78, 5) is 37.6. The smallest absolute Gasteiger partial charge is 0.305 e. The maximum Gasteiger partial charge on any atom is 0.305 e. The normalized spacial score (nSPS) is 16.3. The van der Waals surface area contributed by atoms with Gasteiger partial charge in [-0.15, -0.1) is 11.3 Å². The summed E-state index contributed by atoms with van der Waals surface area (Å²) in [7, 11) is 0. The number of hydrogen-bond donors (Lipinski definition) is 4. The molecule has 1 aliphatic rings. The number of aromatic nitrogens is 3. The van der Waals surface area contributed by atoms with Crippen molar-refractivity contribution < 1.29 is 9.90 Å². The van der Waals surface area contributed by atoms with Crippen LogP contribution in [0.5, 0.6) is 0 Å². The number of thiophene rings is 1. The van der Waals surface area contributed by atoms with Gasteiger partial charge in [-0.3, -0.25) is 9.59 Å². The highest BCUT2D eigenvalue weighted by molar-refractivity contribution is 7.19. The Kier molecular flexibility index (Phi) is 5.23. The first kappa shape index (κ1) is 21.0. The number of aliphatic hydroxyl groups is 1. The van der Waals surface area contributed by atoms with Crippen LogP contribution in [0.4, 0.5) is 11.5 Å². The van der Waals surface area contributed by atoms with Gasteiger partial charge in [0.05, 0.1) is 15.6 Å². The van der Waals surface area contributed by atoms with Gasteiger partial charge >= 0.3 is 4.87 Å². The van der Waals surface area contributed by atoms with Gasteiger partial charge in [-0.1, -0.05) is 11.3 Å². The molecule has 0 spiro atoms. The average Bonchev–Trinajstić information content (AvgIpc) is 3.30. The maximum absolute atomic E-state index is 12.0. The lowest BCUT2D eigenvalue weighted by molar-refractivity contribution is -0.136. The van der Waals surface area contributed by atoms with Crippen molar-refractivity contribution in [2.45, 2.75) is 38.7 Å². The molecule has 5 rings (SSSR count). The van der Waals surface area contributed by atoms with Crippen LogP contribution < -0.4 is 15.5 Å². The summed E-state index contributed by atoms with van der Waals surface area (Å²) in [5.41, 5.74) is 1.60. The zero-order chi connectivity index (χ0) is 22.5. The van der Waals surface area contributed by atoms with E-state index >= 15 is 0 Å². The van der Waals surface area contributed by atoms with Crippen LogP contribution in [-0.4, -0.2) is 38.1 Å². The van der Waals surface area contributed by atoms with Gasteiger partial charge in [-0.05, 0) is 62.8 Å². The van der Waals surface area contributed by atoms with E-state index in [1.165, 1.54) is 35.6 Å². The highest BCUT2D eigenvalue weighted by Crippen LogP contribution is 2.40. The molecule has 166 valence electrons. The van der Waals surface area contributed by atoms with E-state index in [9.17, 15) is 14.7 Å². The zero-order valence-electron chi connectivity index (χ0n) is 17.7. The molecule has 1 amide bonds. The number of carbonyl (C=O) groups excluding carboxylic acids is 1.